The molecule has 1 N–H and O–H groups in total. The van der Waals surface area contributed by atoms with Gasteiger partial charge in [-0.2, -0.15) is 4.31 Å². The molecule has 3 rings (SSSR count). The maximum atomic E-state index is 12.5. The first kappa shape index (κ1) is 20.4. The Kier molecular flexibility index (Phi) is 5.56. The van der Waals surface area contributed by atoms with Gasteiger partial charge in [0.05, 0.1) is 15.1 Å². The molecule has 0 unspecified atom stereocenters. The number of amides is 1. The van der Waals surface area contributed by atoms with Crippen molar-refractivity contribution in [2.24, 2.45) is 0 Å². The molecule has 0 radical (unpaired) electrons. The highest BCUT2D eigenvalue weighted by Gasteiger charge is 2.23. The van der Waals surface area contributed by atoms with Crippen molar-refractivity contribution in [2.45, 2.75) is 38.6 Å². The van der Waals surface area contributed by atoms with Gasteiger partial charge in [-0.25, -0.2) is 13.4 Å². The van der Waals surface area contributed by atoms with E-state index in [0.717, 1.165) is 21.3 Å². The summed E-state index contributed by atoms with van der Waals surface area (Å²) in [5.41, 5.74) is 3.47. The van der Waals surface area contributed by atoms with Crippen LogP contribution in [0, 0.1) is 13.8 Å². The third-order valence-electron chi connectivity index (χ3n) is 4.57. The van der Waals surface area contributed by atoms with E-state index in [1.807, 2.05) is 19.9 Å². The van der Waals surface area contributed by atoms with Gasteiger partial charge in [-0.15, -0.1) is 0 Å². The van der Waals surface area contributed by atoms with E-state index < -0.39 is 10.0 Å². The number of rotatable bonds is 5. The molecular formula is C20H23N3O3S2. The lowest BCUT2D eigenvalue weighted by molar-refractivity contribution is 0.102. The van der Waals surface area contributed by atoms with Crippen LogP contribution in [0.15, 0.2) is 41.3 Å². The Bertz CT molecular complexity index is 1130. The number of thiazole rings is 1. The number of benzene rings is 2. The highest BCUT2D eigenvalue weighted by atomic mass is 32.2. The fourth-order valence-corrected chi connectivity index (χ4v) is 5.22. The molecule has 2 aromatic carbocycles. The zero-order valence-corrected chi connectivity index (χ0v) is 18.1. The molecule has 8 heteroatoms. The summed E-state index contributed by atoms with van der Waals surface area (Å²) >= 11 is 1.42. The fraction of sp³-hybridized carbons (Fsp3) is 0.300. The van der Waals surface area contributed by atoms with E-state index in [4.69, 9.17) is 0 Å². The molecule has 1 amide bonds. The number of carbonyl (C=O) groups is 1. The average molecular weight is 418 g/mol. The normalized spacial score (nSPS) is 12.1. The summed E-state index contributed by atoms with van der Waals surface area (Å²) in [5, 5.41) is 3.32. The van der Waals surface area contributed by atoms with Gasteiger partial charge in [0, 0.05) is 18.7 Å². The standard InChI is InChI=1S/C20H23N3O3S2/c1-12(2)23(5)28(25,26)16-8-6-15(7-9-16)19(24)22-20-21-18-14(4)10-13(3)11-17(18)27-20/h6-12H,1-5H3,(H,21,22,24). The zero-order chi connectivity index (χ0) is 20.6. The molecule has 1 aromatic heterocycles. The molecule has 0 saturated heterocycles. The summed E-state index contributed by atoms with van der Waals surface area (Å²) in [6.45, 7) is 7.63. The van der Waals surface area contributed by atoms with E-state index in [1.165, 1.54) is 47.0 Å². The first-order valence-corrected chi connectivity index (χ1v) is 11.1. The number of carbonyl (C=O) groups excluding carboxylic acids is 1. The van der Waals surface area contributed by atoms with Crippen LogP contribution in [0.3, 0.4) is 0 Å². The van der Waals surface area contributed by atoms with Gasteiger partial charge in [-0.05, 0) is 69.2 Å². The van der Waals surface area contributed by atoms with Crippen LogP contribution in [-0.4, -0.2) is 36.7 Å². The van der Waals surface area contributed by atoms with Gasteiger partial charge in [0.2, 0.25) is 10.0 Å². The molecule has 0 spiro atoms. The molecule has 3 aromatic rings. The van der Waals surface area contributed by atoms with Crippen molar-refractivity contribution in [3.63, 3.8) is 0 Å². The molecule has 148 valence electrons. The van der Waals surface area contributed by atoms with E-state index in [9.17, 15) is 13.2 Å². The first-order chi connectivity index (χ1) is 13.1. The van der Waals surface area contributed by atoms with E-state index in [1.54, 1.807) is 13.8 Å². The Morgan fingerprint density at radius 3 is 2.39 bits per heavy atom. The summed E-state index contributed by atoms with van der Waals surface area (Å²) in [6, 6.07) is 9.88. The van der Waals surface area contributed by atoms with Crippen molar-refractivity contribution in [1.82, 2.24) is 9.29 Å². The molecule has 0 bridgehead atoms. The summed E-state index contributed by atoms with van der Waals surface area (Å²) in [5.74, 6) is -0.324. The Balaban J connectivity index is 1.81. The van der Waals surface area contributed by atoms with Crippen molar-refractivity contribution in [3.8, 4) is 0 Å². The number of hydrogen-bond acceptors (Lipinski definition) is 5. The van der Waals surface area contributed by atoms with Gasteiger partial charge in [-0.1, -0.05) is 17.4 Å². The van der Waals surface area contributed by atoms with E-state index in [0.29, 0.717) is 10.7 Å². The second-order valence-electron chi connectivity index (χ2n) is 7.04. The maximum absolute atomic E-state index is 12.5. The summed E-state index contributed by atoms with van der Waals surface area (Å²) in [6.07, 6.45) is 0. The minimum Gasteiger partial charge on any atom is -0.298 e. The summed E-state index contributed by atoms with van der Waals surface area (Å²) in [7, 11) is -2.04. The average Bonchev–Trinajstić information content (AvgIpc) is 3.03. The third kappa shape index (κ3) is 3.94. The first-order valence-electron chi connectivity index (χ1n) is 8.87. The number of aryl methyl sites for hydroxylation is 2. The largest absolute Gasteiger partial charge is 0.298 e. The van der Waals surface area contributed by atoms with Crippen LogP contribution in [0.25, 0.3) is 10.2 Å². The Labute approximate surface area is 169 Å². The number of sulfonamides is 1. The monoisotopic (exact) mass is 417 g/mol. The molecule has 1 heterocycles. The number of nitrogens with zero attached hydrogens (tertiary/aromatic N) is 2. The number of nitrogens with one attached hydrogen (secondary N) is 1. The van der Waals surface area contributed by atoms with Crippen LogP contribution in [0.1, 0.15) is 35.3 Å². The second kappa shape index (κ2) is 7.62. The van der Waals surface area contributed by atoms with Crippen molar-refractivity contribution in [1.29, 1.82) is 0 Å². The van der Waals surface area contributed by atoms with Crippen LogP contribution < -0.4 is 5.32 Å². The molecule has 0 aliphatic heterocycles. The van der Waals surface area contributed by atoms with E-state index in [-0.39, 0.29) is 16.8 Å². The van der Waals surface area contributed by atoms with Crippen LogP contribution in [0.5, 0.6) is 0 Å². The second-order valence-corrected chi connectivity index (χ2v) is 10.1. The summed E-state index contributed by atoms with van der Waals surface area (Å²) < 4.78 is 27.4. The maximum Gasteiger partial charge on any atom is 0.257 e. The van der Waals surface area contributed by atoms with Crippen molar-refractivity contribution in [3.05, 3.63) is 53.1 Å². The SMILES string of the molecule is Cc1cc(C)c2nc(NC(=O)c3ccc(S(=O)(=O)N(C)C(C)C)cc3)sc2c1. The van der Waals surface area contributed by atoms with Gasteiger partial charge >= 0.3 is 0 Å². The van der Waals surface area contributed by atoms with Crippen LogP contribution in [-0.2, 0) is 10.0 Å². The molecule has 0 saturated carbocycles. The van der Waals surface area contributed by atoms with Gasteiger partial charge in [-0.3, -0.25) is 10.1 Å². The van der Waals surface area contributed by atoms with Crippen molar-refractivity contribution in [2.75, 3.05) is 12.4 Å². The Morgan fingerprint density at radius 2 is 1.79 bits per heavy atom. The highest BCUT2D eigenvalue weighted by Crippen LogP contribution is 2.29. The van der Waals surface area contributed by atoms with Crippen LogP contribution >= 0.6 is 11.3 Å². The fourth-order valence-electron chi connectivity index (χ4n) is 2.82. The summed E-state index contributed by atoms with van der Waals surface area (Å²) in [4.78, 5) is 17.2. The predicted molar refractivity (Wildman–Crippen MR) is 114 cm³/mol. The smallest absolute Gasteiger partial charge is 0.257 e. The Morgan fingerprint density at radius 1 is 1.14 bits per heavy atom. The number of hydrogen-bond donors (Lipinski definition) is 1. The zero-order valence-electron chi connectivity index (χ0n) is 16.5. The third-order valence-corrected chi connectivity index (χ3v) is 7.54. The highest BCUT2D eigenvalue weighted by molar-refractivity contribution is 7.89. The quantitative estimate of drug-likeness (QED) is 0.675. The molecule has 0 fully saturated rings. The lowest BCUT2D eigenvalue weighted by Crippen LogP contribution is -2.33. The van der Waals surface area contributed by atoms with Crippen molar-refractivity contribution < 1.29 is 13.2 Å². The Hall–Kier alpha value is -2.29. The van der Waals surface area contributed by atoms with E-state index >= 15 is 0 Å². The number of aromatic nitrogens is 1. The molecule has 6 nitrogen and oxygen atoms in total. The van der Waals surface area contributed by atoms with Gasteiger partial charge in [0.1, 0.15) is 0 Å². The topological polar surface area (TPSA) is 79.4 Å². The molecular weight excluding hydrogens is 394 g/mol. The van der Waals surface area contributed by atoms with Crippen LogP contribution in [0.4, 0.5) is 5.13 Å². The number of fused-ring (bicyclic) bond motifs is 1. The van der Waals surface area contributed by atoms with Gasteiger partial charge in [0.25, 0.3) is 5.91 Å². The molecule has 0 aliphatic rings. The minimum atomic E-state index is -3.57. The number of anilines is 1. The van der Waals surface area contributed by atoms with E-state index in [2.05, 4.69) is 16.4 Å². The van der Waals surface area contributed by atoms with Gasteiger partial charge in [0.15, 0.2) is 5.13 Å². The predicted octanol–water partition coefficient (Wildman–Crippen LogP) is 4.19. The minimum absolute atomic E-state index is 0.154. The molecule has 28 heavy (non-hydrogen) atoms. The lowest BCUT2D eigenvalue weighted by Gasteiger charge is -2.20. The van der Waals surface area contributed by atoms with Crippen molar-refractivity contribution >= 4 is 42.6 Å². The molecule has 0 atom stereocenters. The lowest BCUT2D eigenvalue weighted by atomic mass is 10.1. The molecule has 0 aliphatic carbocycles. The van der Waals surface area contributed by atoms with Gasteiger partial charge < -0.3 is 0 Å². The van der Waals surface area contributed by atoms with Crippen LogP contribution in [0.2, 0.25) is 0 Å².